The lowest BCUT2D eigenvalue weighted by Crippen LogP contribution is -2.40. The Kier molecular flexibility index (Phi) is 10.7. The number of allylic oxidation sites excluding steroid dienone is 1. The van der Waals surface area contributed by atoms with Gasteiger partial charge in [-0.1, -0.05) is 17.7 Å². The van der Waals surface area contributed by atoms with Crippen LogP contribution in [0.2, 0.25) is 5.02 Å². The summed E-state index contributed by atoms with van der Waals surface area (Å²) in [5.74, 6) is -12.8. The van der Waals surface area contributed by atoms with E-state index in [1.807, 2.05) is 0 Å². The SMILES string of the molecule is CC(CS(=O)(=O)CC(F)(F)F)NC(=O)c1ccc(/C(F)=C/C(c2cc(F)c(Cl)c(C(F)(F)F)c2)C(F)(F)F)cc1C(F)(F)F. The number of halogens is 15. The number of alkyl halides is 12. The van der Waals surface area contributed by atoms with Gasteiger partial charge < -0.3 is 5.32 Å². The highest BCUT2D eigenvalue weighted by atomic mass is 35.5. The van der Waals surface area contributed by atoms with E-state index >= 15 is 0 Å². The Balaban J connectivity index is 2.53. The molecule has 0 aliphatic carbocycles. The maximum Gasteiger partial charge on any atom is 0.417 e. The molecule has 1 N–H and O–H groups in total. The van der Waals surface area contributed by atoms with Crippen LogP contribution in [-0.4, -0.2) is 44.2 Å². The molecule has 0 heterocycles. The van der Waals surface area contributed by atoms with Crippen molar-refractivity contribution >= 4 is 33.2 Å². The van der Waals surface area contributed by atoms with Crippen molar-refractivity contribution in [3.8, 4) is 0 Å². The molecule has 1 amide bonds. The van der Waals surface area contributed by atoms with E-state index in [-0.39, 0.29) is 24.3 Å². The summed E-state index contributed by atoms with van der Waals surface area (Å²) in [6, 6.07) is -1.52. The van der Waals surface area contributed by atoms with Crippen molar-refractivity contribution in [3.05, 3.63) is 75.1 Å². The van der Waals surface area contributed by atoms with Crippen molar-refractivity contribution in [2.75, 3.05) is 11.5 Å². The number of carbonyl (C=O) groups is 1. The van der Waals surface area contributed by atoms with Crippen molar-refractivity contribution in [3.63, 3.8) is 0 Å². The van der Waals surface area contributed by atoms with Crippen molar-refractivity contribution in [2.24, 2.45) is 0 Å². The Labute approximate surface area is 243 Å². The Hall–Kier alpha value is -3.09. The Bertz CT molecular complexity index is 1530. The molecule has 44 heavy (non-hydrogen) atoms. The molecule has 2 aromatic rings. The van der Waals surface area contributed by atoms with Crippen LogP contribution in [-0.2, 0) is 22.2 Å². The largest absolute Gasteiger partial charge is 0.417 e. The summed E-state index contributed by atoms with van der Waals surface area (Å²) >= 11 is 5.18. The summed E-state index contributed by atoms with van der Waals surface area (Å²) in [6.45, 7) is 0.844. The van der Waals surface area contributed by atoms with Crippen molar-refractivity contribution in [1.29, 1.82) is 0 Å². The first-order valence-corrected chi connectivity index (χ1v) is 13.6. The van der Waals surface area contributed by atoms with Gasteiger partial charge in [0.25, 0.3) is 5.91 Å². The number of hydrogen-bond donors (Lipinski definition) is 1. The fourth-order valence-electron chi connectivity index (χ4n) is 3.78. The average Bonchev–Trinajstić information content (AvgIpc) is 2.79. The lowest BCUT2D eigenvalue weighted by molar-refractivity contribution is -0.142. The maximum absolute atomic E-state index is 14.9. The van der Waals surface area contributed by atoms with Crippen LogP contribution < -0.4 is 5.32 Å². The van der Waals surface area contributed by atoms with Crippen LogP contribution >= 0.6 is 11.6 Å². The zero-order valence-electron chi connectivity index (χ0n) is 21.3. The van der Waals surface area contributed by atoms with E-state index in [1.54, 1.807) is 5.32 Å². The highest BCUT2D eigenvalue weighted by molar-refractivity contribution is 7.91. The minimum atomic E-state index is -5.62. The zero-order valence-corrected chi connectivity index (χ0v) is 22.9. The quantitative estimate of drug-likeness (QED) is 0.282. The third-order valence-electron chi connectivity index (χ3n) is 5.49. The Morgan fingerprint density at radius 3 is 1.93 bits per heavy atom. The van der Waals surface area contributed by atoms with E-state index in [1.165, 1.54) is 0 Å². The van der Waals surface area contributed by atoms with Crippen LogP contribution in [0.15, 0.2) is 36.4 Å². The zero-order chi connectivity index (χ0) is 34.2. The summed E-state index contributed by atoms with van der Waals surface area (Å²) in [6.07, 6.45) is -22.2. The number of carbonyl (C=O) groups excluding carboxylic acids is 1. The van der Waals surface area contributed by atoms with Gasteiger partial charge in [-0.2, -0.15) is 52.7 Å². The molecule has 0 fully saturated rings. The smallest absolute Gasteiger partial charge is 0.349 e. The fourth-order valence-corrected chi connectivity index (χ4v) is 5.45. The molecule has 0 aliphatic heterocycles. The Morgan fingerprint density at radius 2 is 1.45 bits per heavy atom. The summed E-state index contributed by atoms with van der Waals surface area (Å²) in [4.78, 5) is 12.4. The number of rotatable bonds is 8. The first-order chi connectivity index (χ1) is 19.6. The van der Waals surface area contributed by atoms with Gasteiger partial charge in [-0.15, -0.1) is 0 Å². The van der Waals surface area contributed by atoms with Crippen molar-refractivity contribution in [2.45, 2.75) is 43.6 Å². The number of nitrogens with one attached hydrogen (secondary N) is 1. The minimum absolute atomic E-state index is 0.0792. The molecular weight excluding hydrogens is 684 g/mol. The molecule has 2 aromatic carbocycles. The third kappa shape index (κ3) is 9.97. The van der Waals surface area contributed by atoms with Crippen LogP contribution in [0.5, 0.6) is 0 Å². The standard InChI is InChI=1S/C24H16ClF14NO3S/c1-10(8-44(42,43)9-21(28,29)30)40-20(41)13-3-2-11(4-15(13)23(34,35)36)17(26)7-14(22(31,32)33)12-5-16(24(37,38)39)19(25)18(27)6-12/h2-7,10,14H,8-9H2,1H3,(H,40,41)/b17-7-. The molecule has 0 aliphatic rings. The molecule has 0 bridgehead atoms. The average molecular weight is 700 g/mol. The molecule has 0 radical (unpaired) electrons. The van der Waals surface area contributed by atoms with E-state index in [0.717, 1.165) is 6.92 Å². The second-order valence-electron chi connectivity index (χ2n) is 9.20. The molecule has 2 atom stereocenters. The van der Waals surface area contributed by atoms with Crippen LogP contribution in [0.4, 0.5) is 61.5 Å². The van der Waals surface area contributed by atoms with Crippen molar-refractivity contribution < 1.29 is 74.7 Å². The maximum atomic E-state index is 14.9. The summed E-state index contributed by atoms with van der Waals surface area (Å²) in [5.41, 5.74) is -8.15. The number of amides is 1. The van der Waals surface area contributed by atoms with Gasteiger partial charge in [0.2, 0.25) is 0 Å². The van der Waals surface area contributed by atoms with E-state index in [0.29, 0.717) is 6.07 Å². The van der Waals surface area contributed by atoms with Crippen LogP contribution in [0, 0.1) is 5.82 Å². The monoisotopic (exact) mass is 699 g/mol. The normalized spacial score (nSPS) is 15.2. The highest BCUT2D eigenvalue weighted by Crippen LogP contribution is 2.43. The highest BCUT2D eigenvalue weighted by Gasteiger charge is 2.43. The van der Waals surface area contributed by atoms with Crippen LogP contribution in [0.1, 0.15) is 45.5 Å². The van der Waals surface area contributed by atoms with Gasteiger partial charge >= 0.3 is 24.7 Å². The Morgan fingerprint density at radius 1 is 0.909 bits per heavy atom. The van der Waals surface area contributed by atoms with Gasteiger partial charge in [0.05, 0.1) is 27.5 Å². The van der Waals surface area contributed by atoms with E-state index < -0.39 is 114 Å². The van der Waals surface area contributed by atoms with E-state index in [9.17, 15) is 74.7 Å². The summed E-state index contributed by atoms with van der Waals surface area (Å²) in [7, 11) is -4.89. The van der Waals surface area contributed by atoms with E-state index in [4.69, 9.17) is 11.6 Å². The predicted molar refractivity (Wildman–Crippen MR) is 127 cm³/mol. The second-order valence-corrected chi connectivity index (χ2v) is 11.7. The lowest BCUT2D eigenvalue weighted by Gasteiger charge is -2.20. The molecule has 2 unspecified atom stereocenters. The van der Waals surface area contributed by atoms with Crippen LogP contribution in [0.25, 0.3) is 5.83 Å². The molecule has 0 aromatic heterocycles. The molecular formula is C24H16ClF14NO3S. The van der Waals surface area contributed by atoms with Gasteiger partial charge in [-0.3, -0.25) is 4.79 Å². The first kappa shape index (κ1) is 37.1. The summed E-state index contributed by atoms with van der Waals surface area (Å²) < 4.78 is 211. The van der Waals surface area contributed by atoms with Gasteiger partial charge in [0.1, 0.15) is 23.3 Å². The molecule has 0 saturated carbocycles. The predicted octanol–water partition coefficient (Wildman–Crippen LogP) is 8.27. The van der Waals surface area contributed by atoms with Gasteiger partial charge in [0, 0.05) is 11.6 Å². The number of sulfone groups is 1. The van der Waals surface area contributed by atoms with Gasteiger partial charge in [0.15, 0.2) is 9.84 Å². The van der Waals surface area contributed by atoms with Gasteiger partial charge in [-0.25, -0.2) is 17.2 Å². The molecule has 20 heteroatoms. The minimum Gasteiger partial charge on any atom is -0.349 e. The third-order valence-corrected chi connectivity index (χ3v) is 7.65. The lowest BCUT2D eigenvalue weighted by atomic mass is 9.94. The van der Waals surface area contributed by atoms with E-state index in [2.05, 4.69) is 0 Å². The van der Waals surface area contributed by atoms with Crippen LogP contribution in [0.3, 0.4) is 0 Å². The first-order valence-electron chi connectivity index (χ1n) is 11.4. The van der Waals surface area contributed by atoms with Crippen molar-refractivity contribution in [1.82, 2.24) is 5.32 Å². The molecule has 246 valence electrons. The van der Waals surface area contributed by atoms with Gasteiger partial charge in [-0.05, 0) is 42.8 Å². The number of hydrogen-bond acceptors (Lipinski definition) is 3. The number of benzene rings is 2. The second kappa shape index (κ2) is 12.7. The summed E-state index contributed by atoms with van der Waals surface area (Å²) in [5, 5.41) is 0.124. The molecule has 2 rings (SSSR count). The topological polar surface area (TPSA) is 63.2 Å². The molecule has 4 nitrogen and oxygen atoms in total. The molecule has 0 spiro atoms. The fraction of sp³-hybridized carbons (Fsp3) is 0.375. The molecule has 0 saturated heterocycles.